The standard InChI is InChI=1S/C4H5Cl2NOS.CH2IO/c1-7-4(8)2(5)3(6)9-7;2-1-3/h2-3H,1H3;1-2H/q;-1/i;1D,2T. The number of alkyl halides is 2. The first kappa shape index (κ1) is 9.36. The van der Waals surface area contributed by atoms with E-state index in [1.54, 1.807) is 7.05 Å². The van der Waals surface area contributed by atoms with E-state index >= 15 is 0 Å². The molecule has 7 heteroatoms. The van der Waals surface area contributed by atoms with Crippen LogP contribution in [0.4, 0.5) is 0 Å². The molecule has 1 aliphatic heterocycles. The quantitative estimate of drug-likeness (QED) is 0.177. The van der Waals surface area contributed by atoms with Crippen molar-refractivity contribution in [3.05, 3.63) is 0 Å². The molecule has 0 bridgehead atoms. The van der Waals surface area contributed by atoms with E-state index < -0.39 is 32.0 Å². The summed E-state index contributed by atoms with van der Waals surface area (Å²) in [6.07, 6.45) is 0. The molecule has 0 N–H and O–H groups in total. The molecular weight excluding hydrogens is 336 g/mol. The molecule has 0 aromatic heterocycles. The van der Waals surface area contributed by atoms with Crippen molar-refractivity contribution in [3.8, 4) is 0 Å². The molecule has 2 atom stereocenters. The maximum atomic E-state index is 10.8. The van der Waals surface area contributed by atoms with Crippen molar-refractivity contribution in [2.24, 2.45) is 0 Å². The molecule has 1 aliphatic rings. The van der Waals surface area contributed by atoms with Crippen LogP contribution in [0.15, 0.2) is 0 Å². The fourth-order valence-electron chi connectivity index (χ4n) is 0.542. The summed E-state index contributed by atoms with van der Waals surface area (Å²) in [5, 5.41) is -0.554. The van der Waals surface area contributed by atoms with Crippen LogP contribution in [-0.4, -0.2) is 32.2 Å². The van der Waals surface area contributed by atoms with Crippen LogP contribution in [0, 0.1) is 0 Å². The van der Waals surface area contributed by atoms with Crippen LogP contribution in [-0.2, 0) is 9.59 Å². The van der Waals surface area contributed by atoms with Crippen LogP contribution < -0.4 is 22.4 Å². The molecule has 1 amide bonds. The second-order valence-electron chi connectivity index (χ2n) is 1.77. The van der Waals surface area contributed by atoms with Crippen LogP contribution >= 0.6 is 35.1 Å². The van der Waals surface area contributed by atoms with E-state index in [-0.39, 0.29) is 10.6 Å². The molecule has 1 fully saturated rings. The third-order valence-electron chi connectivity index (χ3n) is 1.04. The number of amides is 1. The van der Waals surface area contributed by atoms with Gasteiger partial charge < -0.3 is 0 Å². The van der Waals surface area contributed by atoms with E-state index in [1.807, 2.05) is 0 Å². The van der Waals surface area contributed by atoms with Crippen LogP contribution in [0.25, 0.3) is 0 Å². The van der Waals surface area contributed by atoms with Gasteiger partial charge in [-0.25, -0.2) is 0 Å². The topological polar surface area (TPSA) is 37.4 Å². The second kappa shape index (κ2) is 6.28. The Kier molecular flexibility index (Phi) is 4.90. The Balaban J connectivity index is 0.000000292. The molecule has 1 saturated heterocycles. The van der Waals surface area contributed by atoms with Gasteiger partial charge in [-0.3, -0.25) is 9.10 Å². The van der Waals surface area contributed by atoms with E-state index in [2.05, 4.69) is 0 Å². The Morgan fingerprint density at radius 1 is 2.00 bits per heavy atom. The number of nitrogens with zero attached hydrogens (tertiary/aromatic N) is 1. The van der Waals surface area contributed by atoms with E-state index in [0.29, 0.717) is 0 Å². The summed E-state index contributed by atoms with van der Waals surface area (Å²) in [7, 11) is 1.66. The maximum absolute atomic E-state index is 10.8. The Bertz CT molecular complexity index is 236. The number of halogens is 3. The zero-order valence-corrected chi connectivity index (χ0v) is 10.4. The monoisotopic (exact) mass is 345 g/mol. The summed E-state index contributed by atoms with van der Waals surface area (Å²) < 4.78 is 12.7. The zero-order chi connectivity index (χ0) is 11.3. The van der Waals surface area contributed by atoms with Gasteiger partial charge in [-0.1, -0.05) is 0 Å². The van der Waals surface area contributed by atoms with Crippen molar-refractivity contribution in [2.75, 3.05) is 7.05 Å². The summed E-state index contributed by atoms with van der Waals surface area (Å²) in [5.41, 5.74) is 0. The van der Waals surface area contributed by atoms with Crippen molar-refractivity contribution >= 4 is 45.3 Å². The van der Waals surface area contributed by atoms with Gasteiger partial charge in [0, 0.05) is 7.05 Å². The van der Waals surface area contributed by atoms with Gasteiger partial charge in [-0.15, -0.1) is 23.2 Å². The Morgan fingerprint density at radius 2 is 2.50 bits per heavy atom. The first-order chi connectivity index (χ1) is 6.40. The predicted octanol–water partition coefficient (Wildman–Crippen LogP) is -2.26. The van der Waals surface area contributed by atoms with Gasteiger partial charge in [0.15, 0.2) is 0 Å². The van der Waals surface area contributed by atoms with Gasteiger partial charge >= 0.3 is 33.4 Å². The molecule has 2 unspecified atom stereocenters. The number of carbonyl (C=O) groups excluding carboxylic acids is 2. The van der Waals surface area contributed by atoms with Crippen LogP contribution in [0.5, 0.6) is 0 Å². The fraction of sp³-hybridized carbons (Fsp3) is 0.600. The fourth-order valence-corrected chi connectivity index (χ4v) is 2.09. The van der Waals surface area contributed by atoms with Crippen LogP contribution in [0.2, 0.25) is 0 Å². The molecule has 0 aliphatic carbocycles. The molecule has 1 rings (SSSR count). The SMILES string of the molecule is CN1SC(Cl)C(Cl)C1=O.[2H]C(=O)[I-][3H]. The molecule has 0 aromatic carbocycles. The minimum absolute atomic E-state index is 0.110. The summed E-state index contributed by atoms with van der Waals surface area (Å²) >= 11 is 11.3. The van der Waals surface area contributed by atoms with E-state index in [4.69, 9.17) is 25.2 Å². The number of rotatable bonds is 1. The molecule has 0 saturated carbocycles. The third kappa shape index (κ3) is 3.68. The van der Waals surface area contributed by atoms with Gasteiger partial charge in [0.1, 0.15) is 10.1 Å². The summed E-state index contributed by atoms with van der Waals surface area (Å²) in [6, 6.07) is 0. The minimum atomic E-state index is -1.17. The summed E-state index contributed by atoms with van der Waals surface area (Å²) in [6.45, 7) is 0. The Morgan fingerprint density at radius 3 is 2.58 bits per heavy atom. The van der Waals surface area contributed by atoms with Crippen LogP contribution in [0.3, 0.4) is 0 Å². The summed E-state index contributed by atoms with van der Waals surface area (Å²) in [5.74, 6) is -0.110. The first-order valence-electron chi connectivity index (χ1n) is 3.62. The van der Waals surface area contributed by atoms with Gasteiger partial charge in [-0.2, -0.15) is 0 Å². The molecule has 1 heterocycles. The van der Waals surface area contributed by atoms with E-state index in [9.17, 15) is 9.59 Å². The molecule has 12 heavy (non-hydrogen) atoms. The normalized spacial score (nSPS) is 30.6. The molecule has 0 aromatic rings. The van der Waals surface area contributed by atoms with Crippen molar-refractivity contribution < 1.29 is 33.4 Å². The molecule has 0 radical (unpaired) electrons. The third-order valence-corrected chi connectivity index (χ3v) is 3.21. The van der Waals surface area contributed by atoms with Crippen molar-refractivity contribution in [3.63, 3.8) is 0 Å². The van der Waals surface area contributed by atoms with Crippen molar-refractivity contribution in [1.82, 2.24) is 4.31 Å². The molecule has 0 spiro atoms. The van der Waals surface area contributed by atoms with E-state index in [1.165, 1.54) is 16.3 Å². The van der Waals surface area contributed by atoms with Gasteiger partial charge in [0.05, 0.1) is 0 Å². The predicted molar refractivity (Wildman–Crippen MR) is 47.8 cm³/mol. The van der Waals surface area contributed by atoms with Crippen molar-refractivity contribution in [2.45, 2.75) is 10.1 Å². The van der Waals surface area contributed by atoms with Gasteiger partial charge in [-0.05, 0) is 11.9 Å². The number of hydrogen-bond donors (Lipinski definition) is 0. The summed E-state index contributed by atoms with van der Waals surface area (Å²) in [4.78, 5) is 20.1. The first-order valence-corrected chi connectivity index (χ1v) is 5.53. The van der Waals surface area contributed by atoms with E-state index in [0.717, 1.165) is 0 Å². The van der Waals surface area contributed by atoms with Gasteiger partial charge in [0.25, 0.3) is 5.91 Å². The average Bonchev–Trinajstić information content (AvgIpc) is 2.34. The Hall–Kier alpha value is 0.800. The van der Waals surface area contributed by atoms with Gasteiger partial charge in [0.2, 0.25) is 0 Å². The second-order valence-corrected chi connectivity index (χ2v) is 4.68. The number of hydrogen-bond acceptors (Lipinski definition) is 3. The molecule has 72 valence electrons. The van der Waals surface area contributed by atoms with Crippen molar-refractivity contribution in [1.29, 1.82) is 0.594 Å². The number of carbonyl (C=O) groups is 2. The van der Waals surface area contributed by atoms with Crippen LogP contribution in [0.1, 0.15) is 1.37 Å². The molecular formula is C5H7Cl2INO2S-. The average molecular weight is 346 g/mol. The zero-order valence-electron chi connectivity index (χ0n) is 7.96. The molecule has 3 nitrogen and oxygen atoms in total. The Labute approximate surface area is 100 Å².